The Kier molecular flexibility index (Phi) is 20.5. The second kappa shape index (κ2) is 21.9. The molecule has 46 heavy (non-hydrogen) atoms. The van der Waals surface area contributed by atoms with Crippen molar-refractivity contribution in [3.63, 3.8) is 0 Å². The van der Waals surface area contributed by atoms with E-state index in [1.165, 1.54) is 63.2 Å². The first-order chi connectivity index (χ1) is 21.0. The van der Waals surface area contributed by atoms with Crippen LogP contribution in [0.4, 0.5) is 0 Å². The van der Waals surface area contributed by atoms with Crippen LogP contribution in [0.15, 0.2) is 110 Å². The molecule has 0 atom stereocenters. The van der Waals surface area contributed by atoms with Crippen LogP contribution in [0, 0.1) is 24.3 Å². The van der Waals surface area contributed by atoms with E-state index < -0.39 is 0 Å². The molecule has 2 aliphatic rings. The van der Waals surface area contributed by atoms with Gasteiger partial charge in [-0.05, 0) is 22.8 Å². The van der Waals surface area contributed by atoms with Gasteiger partial charge in [0.25, 0.3) is 0 Å². The van der Waals surface area contributed by atoms with Crippen LogP contribution in [0.1, 0.15) is 81.3 Å². The fourth-order valence-electron chi connectivity index (χ4n) is 4.48. The van der Waals surface area contributed by atoms with E-state index in [4.69, 9.17) is 0 Å². The Morgan fingerprint density at radius 2 is 1.20 bits per heavy atom. The van der Waals surface area contributed by atoms with E-state index in [-0.39, 0.29) is 35.6 Å². The molecule has 0 aliphatic heterocycles. The van der Waals surface area contributed by atoms with Gasteiger partial charge in [0.05, 0.1) is 0 Å². The molecule has 242 valence electrons. The molecule has 0 aromatic heterocycles. The molecule has 0 nitrogen and oxygen atoms in total. The summed E-state index contributed by atoms with van der Waals surface area (Å²) in [6.07, 6.45) is 14.7. The van der Waals surface area contributed by atoms with Crippen LogP contribution >= 0.6 is 24.8 Å². The Morgan fingerprint density at radius 1 is 0.696 bits per heavy atom. The van der Waals surface area contributed by atoms with Crippen molar-refractivity contribution in [3.05, 3.63) is 168 Å². The molecular formula is C43H48Cl2Zr-4. The van der Waals surface area contributed by atoms with Crippen molar-refractivity contribution in [2.75, 3.05) is 0 Å². The van der Waals surface area contributed by atoms with Crippen molar-refractivity contribution in [2.45, 2.75) is 65.2 Å². The van der Waals surface area contributed by atoms with Gasteiger partial charge in [0, 0.05) is 0 Å². The molecule has 6 rings (SSSR count). The summed E-state index contributed by atoms with van der Waals surface area (Å²) >= 11 is 1.30. The molecule has 0 saturated carbocycles. The van der Waals surface area contributed by atoms with Crippen LogP contribution in [0.25, 0.3) is 23.3 Å². The Labute approximate surface area is 307 Å². The zero-order valence-electron chi connectivity index (χ0n) is 28.2. The summed E-state index contributed by atoms with van der Waals surface area (Å²) in [7, 11) is 0. The van der Waals surface area contributed by atoms with Crippen molar-refractivity contribution < 1.29 is 24.2 Å². The van der Waals surface area contributed by atoms with Gasteiger partial charge in [0.2, 0.25) is 0 Å². The number of hydrogen-bond donors (Lipinski definition) is 0. The third kappa shape index (κ3) is 14.3. The molecule has 0 unspecified atom stereocenters. The summed E-state index contributed by atoms with van der Waals surface area (Å²) in [4.78, 5) is 0. The third-order valence-corrected chi connectivity index (χ3v) is 7.07. The molecule has 4 aromatic rings. The predicted molar refractivity (Wildman–Crippen MR) is 205 cm³/mol. The molecule has 0 fully saturated rings. The van der Waals surface area contributed by atoms with Crippen LogP contribution in [0.3, 0.4) is 0 Å². The molecule has 0 N–H and O–H groups in total. The molecule has 4 aromatic carbocycles. The molecule has 0 spiro atoms. The van der Waals surface area contributed by atoms with Crippen molar-refractivity contribution in [2.24, 2.45) is 0 Å². The third-order valence-electron chi connectivity index (χ3n) is 7.07. The van der Waals surface area contributed by atoms with Gasteiger partial charge in [0.1, 0.15) is 0 Å². The van der Waals surface area contributed by atoms with Gasteiger partial charge in [-0.3, -0.25) is 6.08 Å². The maximum absolute atomic E-state index is 3.82. The normalized spacial score (nSPS) is 11.3. The monoisotopic (exact) mass is 724 g/mol. The number of benzene rings is 4. The van der Waals surface area contributed by atoms with Gasteiger partial charge in [-0.15, -0.1) is 55.0 Å². The average molecular weight is 727 g/mol. The van der Waals surface area contributed by atoms with E-state index in [0.29, 0.717) is 0 Å². The van der Waals surface area contributed by atoms with Gasteiger partial charge in [0.15, 0.2) is 0 Å². The van der Waals surface area contributed by atoms with Crippen LogP contribution in [-0.2, 0) is 41.5 Å². The zero-order valence-corrected chi connectivity index (χ0v) is 32.3. The molecule has 0 radical (unpaired) electrons. The summed E-state index contributed by atoms with van der Waals surface area (Å²) in [5.74, 6) is 0. The number of allylic oxidation sites excluding steroid dienone is 4. The van der Waals surface area contributed by atoms with Crippen LogP contribution in [-0.4, -0.2) is 4.21 Å². The van der Waals surface area contributed by atoms with E-state index in [1.807, 2.05) is 54.6 Å². The van der Waals surface area contributed by atoms with E-state index in [9.17, 15) is 0 Å². The number of hydrogen-bond acceptors (Lipinski definition) is 0. The van der Waals surface area contributed by atoms with Crippen molar-refractivity contribution >= 4 is 41.2 Å². The quantitative estimate of drug-likeness (QED) is 0.159. The van der Waals surface area contributed by atoms with Gasteiger partial charge >= 0.3 is 28.4 Å². The Morgan fingerprint density at radius 3 is 1.57 bits per heavy atom. The van der Waals surface area contributed by atoms with Gasteiger partial charge in [-0.1, -0.05) is 83.5 Å². The van der Waals surface area contributed by atoms with E-state index in [2.05, 4.69) is 138 Å². The Bertz CT molecular complexity index is 1400. The topological polar surface area (TPSA) is 0 Å². The summed E-state index contributed by atoms with van der Waals surface area (Å²) in [5, 5.41) is 0. The first-order valence-electron chi connectivity index (χ1n) is 15.0. The fraction of sp³-hybridized carbons (Fsp3) is 0.233. The standard InChI is InChI=1S/C17H13.2C10H13.C5H5.CH2.2ClH.Zr/c1-3-12-5-7-14-11-15-8-6-13(4-2)10-17(15)16(14)9-12;2*1-10(2,3)9-7-5-4-6-8-9;1-2-4-5-3-1;;;;/h3-7,9-10H,1-2,11H2;2*5-8H,1-3H3;1-3H,4H2;1H2;2*1H;/q4*-1;;;;. The Balaban J connectivity index is 0.000000610. The van der Waals surface area contributed by atoms with Crippen molar-refractivity contribution in [1.29, 1.82) is 0 Å². The SMILES string of the molecule is C=Cc1c[c-]c2c(c1)-c1cc(C=C)ccc1C2.CC(C)(C)c1cc[c-]cc1.CC(C)(C)c1cc[c-]cc1.Cl.Cl.[C-]1=CC=CC1.[CH2]=[Zr]. The first-order valence-corrected chi connectivity index (χ1v) is 16.7. The van der Waals surface area contributed by atoms with Crippen molar-refractivity contribution in [1.82, 2.24) is 0 Å². The van der Waals surface area contributed by atoms with Crippen LogP contribution in [0.2, 0.25) is 0 Å². The molecule has 0 bridgehead atoms. The number of halogens is 2. The van der Waals surface area contributed by atoms with E-state index in [0.717, 1.165) is 18.4 Å². The summed E-state index contributed by atoms with van der Waals surface area (Å²) in [6, 6.07) is 36.4. The molecular weight excluding hydrogens is 679 g/mol. The molecule has 2 aliphatic carbocycles. The van der Waals surface area contributed by atoms with Crippen LogP contribution < -0.4 is 0 Å². The molecule has 3 heteroatoms. The molecule has 0 heterocycles. The second-order valence-corrected chi connectivity index (χ2v) is 12.4. The van der Waals surface area contributed by atoms with Crippen molar-refractivity contribution in [3.8, 4) is 11.1 Å². The van der Waals surface area contributed by atoms with E-state index in [1.54, 1.807) is 0 Å². The second-order valence-electron chi connectivity index (χ2n) is 12.4. The summed E-state index contributed by atoms with van der Waals surface area (Å²) < 4.78 is 3.34. The number of fused-ring (bicyclic) bond motifs is 3. The van der Waals surface area contributed by atoms with Gasteiger partial charge < -0.3 is 0 Å². The molecule has 0 saturated heterocycles. The fourth-order valence-corrected chi connectivity index (χ4v) is 4.48. The minimum atomic E-state index is 0. The summed E-state index contributed by atoms with van der Waals surface area (Å²) in [5.41, 5.74) is 10.8. The van der Waals surface area contributed by atoms with Gasteiger partial charge in [-0.2, -0.15) is 102 Å². The average Bonchev–Trinajstić information content (AvgIpc) is 3.74. The minimum absolute atomic E-state index is 0. The molecule has 0 amide bonds. The maximum atomic E-state index is 3.82. The first kappa shape index (κ1) is 43.2. The number of rotatable bonds is 2. The summed E-state index contributed by atoms with van der Waals surface area (Å²) in [6.45, 7) is 20.9. The van der Waals surface area contributed by atoms with E-state index >= 15 is 0 Å². The zero-order chi connectivity index (χ0) is 32.6. The predicted octanol–water partition coefficient (Wildman–Crippen LogP) is 12.0. The van der Waals surface area contributed by atoms with Gasteiger partial charge in [-0.25, -0.2) is 12.2 Å². The van der Waals surface area contributed by atoms with Crippen LogP contribution in [0.5, 0.6) is 0 Å². The Hall–Kier alpha value is -2.83.